The third-order valence-corrected chi connectivity index (χ3v) is 3.88. The normalized spacial score (nSPS) is 16.9. The largest absolute Gasteiger partial charge is 0.378 e. The van der Waals surface area contributed by atoms with Crippen LogP contribution in [0.1, 0.15) is 10.6 Å². The number of nitrogens with one attached hydrogen (secondary N) is 1. The Morgan fingerprint density at radius 3 is 2.94 bits per heavy atom. The maximum Gasteiger partial charge on any atom is 0.186 e. The Morgan fingerprint density at radius 1 is 1.47 bits per heavy atom. The number of hydrogen-bond donors (Lipinski definition) is 1. The number of likely N-dealkylation sites (N-methyl/N-ethyl adjacent to an activating group) is 1. The van der Waals surface area contributed by atoms with Crippen molar-refractivity contribution in [1.82, 2.24) is 10.3 Å². The van der Waals surface area contributed by atoms with Crippen molar-refractivity contribution in [2.45, 2.75) is 6.92 Å². The molecule has 0 spiro atoms. The minimum Gasteiger partial charge on any atom is -0.378 e. The first-order valence-corrected chi connectivity index (χ1v) is 6.74. The van der Waals surface area contributed by atoms with E-state index >= 15 is 0 Å². The lowest BCUT2D eigenvalue weighted by Gasteiger charge is -2.25. The molecule has 0 aromatic carbocycles. The van der Waals surface area contributed by atoms with Crippen molar-refractivity contribution in [2.75, 3.05) is 44.8 Å². The molecule has 1 aromatic heterocycles. The van der Waals surface area contributed by atoms with Crippen molar-refractivity contribution in [1.29, 1.82) is 0 Å². The standard InChI is InChI=1S/C12H19N3OS/c1-10-11(4-3-5-13-2)17-12(14-10)15-6-8-16-9-7-15/h3-4,13H,5-9H2,1-2H3. The Bertz CT molecular complexity index is 383. The van der Waals surface area contributed by atoms with Crippen LogP contribution in [0.2, 0.25) is 0 Å². The third kappa shape index (κ3) is 3.28. The van der Waals surface area contributed by atoms with Gasteiger partial charge < -0.3 is 15.0 Å². The fraction of sp³-hybridized carbons (Fsp3) is 0.583. The Morgan fingerprint density at radius 2 is 2.24 bits per heavy atom. The summed E-state index contributed by atoms with van der Waals surface area (Å²) >= 11 is 1.76. The predicted molar refractivity (Wildman–Crippen MR) is 72.8 cm³/mol. The van der Waals surface area contributed by atoms with Crippen molar-refractivity contribution in [3.63, 3.8) is 0 Å². The summed E-state index contributed by atoms with van der Waals surface area (Å²) in [7, 11) is 1.95. The molecule has 1 aliphatic rings. The van der Waals surface area contributed by atoms with E-state index in [-0.39, 0.29) is 0 Å². The zero-order valence-electron chi connectivity index (χ0n) is 10.4. The van der Waals surface area contributed by atoms with Crippen LogP contribution in [0.5, 0.6) is 0 Å². The molecule has 0 aliphatic carbocycles. The van der Waals surface area contributed by atoms with Gasteiger partial charge in [-0.2, -0.15) is 0 Å². The van der Waals surface area contributed by atoms with Gasteiger partial charge in [-0.05, 0) is 20.0 Å². The first-order valence-electron chi connectivity index (χ1n) is 5.92. The van der Waals surface area contributed by atoms with Crippen molar-refractivity contribution < 1.29 is 4.74 Å². The average molecular weight is 253 g/mol. The molecule has 2 heterocycles. The molecule has 0 bridgehead atoms. The number of morpholine rings is 1. The van der Waals surface area contributed by atoms with Gasteiger partial charge in [-0.3, -0.25) is 0 Å². The van der Waals surface area contributed by atoms with Crippen LogP contribution in [0.25, 0.3) is 6.08 Å². The van der Waals surface area contributed by atoms with Crippen LogP contribution in [-0.4, -0.2) is 44.9 Å². The molecular weight excluding hydrogens is 234 g/mol. The first kappa shape index (κ1) is 12.5. The third-order valence-electron chi connectivity index (χ3n) is 2.69. The summed E-state index contributed by atoms with van der Waals surface area (Å²) in [5.41, 5.74) is 1.11. The molecule has 1 fully saturated rings. The molecule has 94 valence electrons. The number of aryl methyl sites for hydroxylation is 1. The van der Waals surface area contributed by atoms with Gasteiger partial charge in [0.05, 0.1) is 23.8 Å². The van der Waals surface area contributed by atoms with Crippen LogP contribution in [-0.2, 0) is 4.74 Å². The fourth-order valence-electron chi connectivity index (χ4n) is 1.72. The molecule has 1 saturated heterocycles. The van der Waals surface area contributed by atoms with Gasteiger partial charge in [0.1, 0.15) is 0 Å². The summed E-state index contributed by atoms with van der Waals surface area (Å²) in [6, 6.07) is 0. The van der Waals surface area contributed by atoms with Gasteiger partial charge in [-0.15, -0.1) is 0 Å². The highest BCUT2D eigenvalue weighted by Gasteiger charge is 2.15. The number of ether oxygens (including phenoxy) is 1. The molecule has 0 unspecified atom stereocenters. The molecule has 17 heavy (non-hydrogen) atoms. The molecule has 0 saturated carbocycles. The van der Waals surface area contributed by atoms with Crippen LogP contribution in [0.15, 0.2) is 6.08 Å². The maximum atomic E-state index is 5.35. The number of anilines is 1. The summed E-state index contributed by atoms with van der Waals surface area (Å²) in [5, 5.41) is 4.22. The summed E-state index contributed by atoms with van der Waals surface area (Å²) in [6.07, 6.45) is 4.27. The second-order valence-electron chi connectivity index (χ2n) is 4.01. The number of thiazole rings is 1. The zero-order valence-corrected chi connectivity index (χ0v) is 11.2. The Balaban J connectivity index is 2.06. The highest BCUT2D eigenvalue weighted by Crippen LogP contribution is 2.27. The molecule has 0 amide bonds. The van der Waals surface area contributed by atoms with Crippen LogP contribution >= 0.6 is 11.3 Å². The van der Waals surface area contributed by atoms with Gasteiger partial charge in [0, 0.05) is 19.6 Å². The molecule has 2 rings (SSSR count). The van der Waals surface area contributed by atoms with Crippen molar-refractivity contribution >= 4 is 22.5 Å². The van der Waals surface area contributed by atoms with Crippen LogP contribution < -0.4 is 10.2 Å². The molecule has 4 nitrogen and oxygen atoms in total. The predicted octanol–water partition coefficient (Wildman–Crippen LogP) is 1.52. The monoisotopic (exact) mass is 253 g/mol. The fourth-order valence-corrected chi connectivity index (χ4v) is 2.77. The maximum absolute atomic E-state index is 5.35. The van der Waals surface area contributed by atoms with Gasteiger partial charge >= 0.3 is 0 Å². The smallest absolute Gasteiger partial charge is 0.186 e. The minimum absolute atomic E-state index is 0.809. The highest BCUT2D eigenvalue weighted by atomic mass is 32.1. The number of nitrogens with zero attached hydrogens (tertiary/aromatic N) is 2. The van der Waals surface area contributed by atoms with Gasteiger partial charge in [0.2, 0.25) is 0 Å². The summed E-state index contributed by atoms with van der Waals surface area (Å²) in [4.78, 5) is 8.18. The molecule has 0 radical (unpaired) electrons. The van der Waals surface area contributed by atoms with Crippen LogP contribution in [0.4, 0.5) is 5.13 Å². The lowest BCUT2D eigenvalue weighted by molar-refractivity contribution is 0.122. The SMILES string of the molecule is CNCC=Cc1sc(N2CCOCC2)nc1C. The summed E-state index contributed by atoms with van der Waals surface area (Å²) < 4.78 is 5.35. The van der Waals surface area contributed by atoms with Gasteiger partial charge in [0.15, 0.2) is 5.13 Å². The zero-order chi connectivity index (χ0) is 12.1. The lowest BCUT2D eigenvalue weighted by atomic mass is 10.3. The summed E-state index contributed by atoms with van der Waals surface area (Å²) in [6.45, 7) is 6.48. The molecule has 1 aliphatic heterocycles. The van der Waals surface area contributed by atoms with Gasteiger partial charge in [-0.25, -0.2) is 4.98 Å². The van der Waals surface area contributed by atoms with E-state index in [0.717, 1.165) is 43.7 Å². The van der Waals surface area contributed by atoms with Gasteiger partial charge in [0.25, 0.3) is 0 Å². The van der Waals surface area contributed by atoms with Crippen LogP contribution in [0.3, 0.4) is 0 Å². The molecule has 5 heteroatoms. The second-order valence-corrected chi connectivity index (χ2v) is 5.01. The Labute approximate surface area is 106 Å². The van der Waals surface area contributed by atoms with Crippen molar-refractivity contribution in [2.24, 2.45) is 0 Å². The molecule has 1 aromatic rings. The van der Waals surface area contributed by atoms with Gasteiger partial charge in [-0.1, -0.05) is 17.4 Å². The number of aromatic nitrogens is 1. The van der Waals surface area contributed by atoms with E-state index in [1.807, 2.05) is 7.05 Å². The first-order chi connectivity index (χ1) is 8.31. The average Bonchev–Trinajstić information content (AvgIpc) is 2.73. The van der Waals surface area contributed by atoms with Crippen molar-refractivity contribution in [3.8, 4) is 0 Å². The van der Waals surface area contributed by atoms with E-state index < -0.39 is 0 Å². The van der Waals surface area contributed by atoms with Crippen LogP contribution in [0, 0.1) is 6.92 Å². The quantitative estimate of drug-likeness (QED) is 0.883. The molecule has 0 atom stereocenters. The second kappa shape index (κ2) is 6.14. The summed E-state index contributed by atoms with van der Waals surface area (Å²) in [5.74, 6) is 0. The van der Waals surface area contributed by atoms with E-state index in [1.54, 1.807) is 11.3 Å². The van der Waals surface area contributed by atoms with E-state index in [4.69, 9.17) is 4.74 Å². The van der Waals surface area contributed by atoms with E-state index in [0.29, 0.717) is 0 Å². The van der Waals surface area contributed by atoms with E-state index in [9.17, 15) is 0 Å². The van der Waals surface area contributed by atoms with Crippen molar-refractivity contribution in [3.05, 3.63) is 16.6 Å². The van der Waals surface area contributed by atoms with E-state index in [1.165, 1.54) is 4.88 Å². The van der Waals surface area contributed by atoms with E-state index in [2.05, 4.69) is 34.3 Å². The Hall–Kier alpha value is -0.910. The molecule has 1 N–H and O–H groups in total. The lowest BCUT2D eigenvalue weighted by Crippen LogP contribution is -2.36. The number of rotatable bonds is 4. The molecular formula is C12H19N3OS. The minimum atomic E-state index is 0.809. The Kier molecular flexibility index (Phi) is 4.53. The number of hydrogen-bond acceptors (Lipinski definition) is 5. The topological polar surface area (TPSA) is 37.4 Å². The highest BCUT2D eigenvalue weighted by molar-refractivity contribution is 7.16.